The molecule has 1 aromatic carbocycles. The second kappa shape index (κ2) is 7.03. The maximum atomic E-state index is 13.0. The van der Waals surface area contributed by atoms with Crippen LogP contribution >= 0.6 is 11.6 Å². The zero-order valence-corrected chi connectivity index (χ0v) is 14.2. The minimum Gasteiger partial charge on any atom is -0.434 e. The summed E-state index contributed by atoms with van der Waals surface area (Å²) in [5.41, 5.74) is 5.49. The highest BCUT2D eigenvalue weighted by molar-refractivity contribution is 6.30. The number of primary amides is 1. The summed E-state index contributed by atoms with van der Waals surface area (Å²) in [5, 5.41) is 0.398. The maximum Gasteiger partial charge on any atom is 0.451 e. The van der Waals surface area contributed by atoms with Gasteiger partial charge in [-0.1, -0.05) is 23.7 Å². The summed E-state index contributed by atoms with van der Waals surface area (Å²) in [5.74, 6) is -2.21. The SMILES string of the molecule is NC(=O)C1CN([C@H](c2ccc(Cl)cc2)c2ccnc(C(F)(F)F)n2)C(=O)O1. The maximum absolute atomic E-state index is 13.0. The summed E-state index contributed by atoms with van der Waals surface area (Å²) in [4.78, 5) is 31.4. The molecule has 0 aliphatic carbocycles. The van der Waals surface area contributed by atoms with E-state index in [1.807, 2.05) is 0 Å². The van der Waals surface area contributed by atoms with Gasteiger partial charge in [0, 0.05) is 11.2 Å². The van der Waals surface area contributed by atoms with Crippen molar-refractivity contribution in [3.8, 4) is 0 Å². The number of hydrogen-bond acceptors (Lipinski definition) is 5. The summed E-state index contributed by atoms with van der Waals surface area (Å²) in [6, 6.07) is 6.30. The van der Waals surface area contributed by atoms with Crippen LogP contribution in [-0.4, -0.2) is 39.5 Å². The van der Waals surface area contributed by atoms with Gasteiger partial charge in [0.05, 0.1) is 12.2 Å². The summed E-state index contributed by atoms with van der Waals surface area (Å²) in [6.07, 6.45) is -5.93. The molecule has 2 N–H and O–H groups in total. The van der Waals surface area contributed by atoms with Crippen LogP contribution in [0.5, 0.6) is 0 Å². The number of aromatic nitrogens is 2. The summed E-state index contributed by atoms with van der Waals surface area (Å²) >= 11 is 5.86. The first-order valence-electron chi connectivity index (χ1n) is 7.59. The predicted molar refractivity (Wildman–Crippen MR) is 86.5 cm³/mol. The number of nitrogens with two attached hydrogens (primary N) is 1. The van der Waals surface area contributed by atoms with Crippen LogP contribution in [0.2, 0.25) is 5.02 Å². The van der Waals surface area contributed by atoms with E-state index >= 15 is 0 Å². The van der Waals surface area contributed by atoms with Gasteiger partial charge in [0.15, 0.2) is 6.10 Å². The van der Waals surface area contributed by atoms with Crippen LogP contribution in [0.3, 0.4) is 0 Å². The van der Waals surface area contributed by atoms with E-state index in [0.717, 1.165) is 11.1 Å². The molecule has 11 heteroatoms. The minimum absolute atomic E-state index is 0.0956. The Hall–Kier alpha value is -2.88. The molecule has 0 bridgehead atoms. The molecule has 1 unspecified atom stereocenters. The molecule has 1 aliphatic rings. The lowest BCUT2D eigenvalue weighted by molar-refractivity contribution is -0.145. The predicted octanol–water partition coefficient (Wildman–Crippen LogP) is 2.54. The van der Waals surface area contributed by atoms with Gasteiger partial charge in [0.1, 0.15) is 6.04 Å². The van der Waals surface area contributed by atoms with Gasteiger partial charge >= 0.3 is 12.3 Å². The molecule has 1 saturated heterocycles. The molecule has 1 aromatic heterocycles. The first kappa shape index (κ1) is 18.9. The van der Waals surface area contributed by atoms with Gasteiger partial charge in [-0.3, -0.25) is 9.69 Å². The minimum atomic E-state index is -4.76. The molecule has 1 fully saturated rings. The van der Waals surface area contributed by atoms with Gasteiger partial charge < -0.3 is 10.5 Å². The number of rotatable bonds is 4. The summed E-state index contributed by atoms with van der Waals surface area (Å²) in [6.45, 7) is -0.229. The molecule has 2 atom stereocenters. The van der Waals surface area contributed by atoms with E-state index < -0.39 is 36.1 Å². The fourth-order valence-electron chi connectivity index (χ4n) is 2.66. The largest absolute Gasteiger partial charge is 0.451 e. The van der Waals surface area contributed by atoms with Gasteiger partial charge in [-0.2, -0.15) is 13.2 Å². The second-order valence-electron chi connectivity index (χ2n) is 5.68. The molecule has 142 valence electrons. The van der Waals surface area contributed by atoms with E-state index in [1.165, 1.54) is 30.3 Å². The number of ether oxygens (including phenoxy) is 1. The first-order valence-corrected chi connectivity index (χ1v) is 7.97. The number of cyclic esters (lactones) is 1. The third kappa shape index (κ3) is 3.95. The molecule has 3 rings (SSSR count). The molecular formula is C16H12ClF3N4O3. The van der Waals surface area contributed by atoms with Crippen molar-refractivity contribution in [2.24, 2.45) is 5.73 Å². The second-order valence-corrected chi connectivity index (χ2v) is 6.12. The van der Waals surface area contributed by atoms with Crippen LogP contribution in [0.15, 0.2) is 36.5 Å². The molecule has 0 spiro atoms. The molecule has 0 saturated carbocycles. The van der Waals surface area contributed by atoms with Gasteiger partial charge in [-0.25, -0.2) is 14.8 Å². The molecular weight excluding hydrogens is 389 g/mol. The first-order chi connectivity index (χ1) is 12.7. The van der Waals surface area contributed by atoms with Crippen LogP contribution in [0, 0.1) is 0 Å². The van der Waals surface area contributed by atoms with Crippen LogP contribution in [0.4, 0.5) is 18.0 Å². The van der Waals surface area contributed by atoms with Crippen molar-refractivity contribution >= 4 is 23.6 Å². The zero-order chi connectivity index (χ0) is 19.8. The topological polar surface area (TPSA) is 98.4 Å². The lowest BCUT2D eigenvalue weighted by atomic mass is 10.0. The lowest BCUT2D eigenvalue weighted by Crippen LogP contribution is -2.35. The van der Waals surface area contributed by atoms with Crippen molar-refractivity contribution in [2.45, 2.75) is 18.3 Å². The molecule has 27 heavy (non-hydrogen) atoms. The fraction of sp³-hybridized carbons (Fsp3) is 0.250. The average Bonchev–Trinajstić information content (AvgIpc) is 2.98. The Labute approximate surface area is 155 Å². The molecule has 2 heterocycles. The van der Waals surface area contributed by atoms with E-state index in [1.54, 1.807) is 0 Å². The van der Waals surface area contributed by atoms with E-state index in [9.17, 15) is 22.8 Å². The number of amides is 2. The normalized spacial score (nSPS) is 18.3. The van der Waals surface area contributed by atoms with Crippen LogP contribution in [-0.2, 0) is 15.7 Å². The van der Waals surface area contributed by atoms with Gasteiger partial charge in [0.2, 0.25) is 5.82 Å². The molecule has 0 radical (unpaired) electrons. The van der Waals surface area contributed by atoms with Gasteiger partial charge in [-0.15, -0.1) is 0 Å². The Kier molecular flexibility index (Phi) is 4.92. The Morgan fingerprint density at radius 3 is 2.52 bits per heavy atom. The number of hydrogen-bond donors (Lipinski definition) is 1. The van der Waals surface area contributed by atoms with Crippen molar-refractivity contribution in [1.29, 1.82) is 0 Å². The van der Waals surface area contributed by atoms with Crippen molar-refractivity contribution in [1.82, 2.24) is 14.9 Å². The fourth-order valence-corrected chi connectivity index (χ4v) is 2.78. The Morgan fingerprint density at radius 1 is 1.30 bits per heavy atom. The number of halogens is 4. The highest BCUT2D eigenvalue weighted by Gasteiger charge is 2.42. The molecule has 2 amide bonds. The Balaban J connectivity index is 2.08. The van der Waals surface area contributed by atoms with Crippen LogP contribution < -0.4 is 5.73 Å². The lowest BCUT2D eigenvalue weighted by Gasteiger charge is -2.26. The monoisotopic (exact) mass is 400 g/mol. The third-order valence-electron chi connectivity index (χ3n) is 3.87. The van der Waals surface area contributed by atoms with Gasteiger partial charge in [-0.05, 0) is 23.8 Å². The summed E-state index contributed by atoms with van der Waals surface area (Å²) in [7, 11) is 0. The third-order valence-corrected chi connectivity index (χ3v) is 4.12. The number of carbonyl (C=O) groups excluding carboxylic acids is 2. The average molecular weight is 401 g/mol. The number of benzene rings is 1. The van der Waals surface area contributed by atoms with Crippen LogP contribution in [0.1, 0.15) is 23.1 Å². The number of alkyl halides is 3. The van der Waals surface area contributed by atoms with E-state index in [4.69, 9.17) is 22.1 Å². The Bertz CT molecular complexity index is 876. The summed E-state index contributed by atoms with van der Waals surface area (Å²) < 4.78 is 43.9. The van der Waals surface area contributed by atoms with E-state index in [0.29, 0.717) is 10.6 Å². The van der Waals surface area contributed by atoms with Crippen molar-refractivity contribution < 1.29 is 27.5 Å². The number of nitrogens with zero attached hydrogens (tertiary/aromatic N) is 3. The molecule has 7 nitrogen and oxygen atoms in total. The highest BCUT2D eigenvalue weighted by Crippen LogP contribution is 2.33. The highest BCUT2D eigenvalue weighted by atomic mass is 35.5. The van der Waals surface area contributed by atoms with Gasteiger partial charge in [0.25, 0.3) is 5.91 Å². The van der Waals surface area contributed by atoms with Crippen molar-refractivity contribution in [3.05, 3.63) is 58.6 Å². The number of carbonyl (C=O) groups is 2. The van der Waals surface area contributed by atoms with Crippen molar-refractivity contribution in [3.63, 3.8) is 0 Å². The standard InChI is InChI=1S/C16H12ClF3N4O3/c17-9-3-1-8(2-4-9)12(24-7-11(13(21)25)27-15(24)26)10-5-6-22-14(23-10)16(18,19)20/h1-6,11-12H,7H2,(H2,21,25)/t11?,12-/m1/s1. The van der Waals surface area contributed by atoms with Crippen molar-refractivity contribution in [2.75, 3.05) is 6.54 Å². The Morgan fingerprint density at radius 2 is 1.96 bits per heavy atom. The molecule has 1 aliphatic heterocycles. The van der Waals surface area contributed by atoms with E-state index in [-0.39, 0.29) is 12.2 Å². The smallest absolute Gasteiger partial charge is 0.434 e. The van der Waals surface area contributed by atoms with E-state index in [2.05, 4.69) is 9.97 Å². The van der Waals surface area contributed by atoms with Crippen LogP contribution in [0.25, 0.3) is 0 Å². The quantitative estimate of drug-likeness (QED) is 0.850. The zero-order valence-electron chi connectivity index (χ0n) is 13.5. The molecule has 2 aromatic rings.